The van der Waals surface area contributed by atoms with Crippen LogP contribution in [0.2, 0.25) is 0 Å². The largest absolute Gasteiger partial charge is 0.325 e. The first-order valence-corrected chi connectivity index (χ1v) is 11.0. The second-order valence-electron chi connectivity index (χ2n) is 6.27. The van der Waals surface area contributed by atoms with Crippen molar-refractivity contribution in [3.63, 3.8) is 0 Å². The molecule has 7 nitrogen and oxygen atoms in total. The fraction of sp³-hybridized carbons (Fsp3) is 0.263. The maximum absolute atomic E-state index is 12.0. The van der Waals surface area contributed by atoms with Crippen LogP contribution in [0.1, 0.15) is 5.56 Å². The van der Waals surface area contributed by atoms with Crippen molar-refractivity contribution in [1.29, 1.82) is 0 Å². The van der Waals surface area contributed by atoms with Gasteiger partial charge < -0.3 is 10.6 Å². The third kappa shape index (κ3) is 6.36. The van der Waals surface area contributed by atoms with Crippen LogP contribution in [0.3, 0.4) is 0 Å². The predicted molar refractivity (Wildman–Crippen MR) is 113 cm³/mol. The summed E-state index contributed by atoms with van der Waals surface area (Å²) >= 11 is 1.20. The molecule has 0 aliphatic carbocycles. The molecule has 0 heterocycles. The van der Waals surface area contributed by atoms with Gasteiger partial charge in [0.1, 0.15) is 0 Å². The van der Waals surface area contributed by atoms with Crippen molar-refractivity contribution >= 4 is 45.0 Å². The maximum atomic E-state index is 12.0. The molecule has 0 fully saturated rings. The number of sulfonamides is 1. The van der Waals surface area contributed by atoms with E-state index in [2.05, 4.69) is 10.6 Å². The summed E-state index contributed by atoms with van der Waals surface area (Å²) < 4.78 is 25.2. The van der Waals surface area contributed by atoms with Crippen LogP contribution < -0.4 is 10.6 Å². The quantitative estimate of drug-likeness (QED) is 0.683. The average Bonchev–Trinajstić information content (AvgIpc) is 2.62. The first kappa shape index (κ1) is 21.9. The molecule has 2 amide bonds. The Morgan fingerprint density at radius 1 is 0.929 bits per heavy atom. The Morgan fingerprint density at radius 3 is 2.04 bits per heavy atom. The van der Waals surface area contributed by atoms with Gasteiger partial charge in [-0.3, -0.25) is 9.59 Å². The summed E-state index contributed by atoms with van der Waals surface area (Å²) in [5.74, 6) is -0.182. The highest BCUT2D eigenvalue weighted by molar-refractivity contribution is 8.00. The number of nitrogens with one attached hydrogen (secondary N) is 2. The topological polar surface area (TPSA) is 95.6 Å². The molecule has 9 heteroatoms. The normalized spacial score (nSPS) is 11.3. The number of nitrogens with zero attached hydrogens (tertiary/aromatic N) is 1. The number of carbonyl (C=O) groups excluding carboxylic acids is 2. The first-order valence-electron chi connectivity index (χ1n) is 8.45. The smallest absolute Gasteiger partial charge is 0.242 e. The highest BCUT2D eigenvalue weighted by Gasteiger charge is 2.16. The van der Waals surface area contributed by atoms with Gasteiger partial charge in [-0.15, -0.1) is 11.8 Å². The average molecular weight is 422 g/mol. The SMILES string of the molecule is Cc1cccc(NC(=O)CSCC(=O)Nc2ccc(S(=O)(=O)N(C)C)cc2)c1. The van der Waals surface area contributed by atoms with E-state index in [1.54, 1.807) is 0 Å². The monoisotopic (exact) mass is 421 g/mol. The summed E-state index contributed by atoms with van der Waals surface area (Å²) in [5.41, 5.74) is 2.27. The number of rotatable bonds is 8. The van der Waals surface area contributed by atoms with E-state index in [4.69, 9.17) is 0 Å². The number of aryl methyl sites for hydroxylation is 1. The van der Waals surface area contributed by atoms with Crippen LogP contribution in [0.25, 0.3) is 0 Å². The molecule has 0 saturated carbocycles. The fourth-order valence-corrected chi connectivity index (χ4v) is 3.79. The van der Waals surface area contributed by atoms with E-state index >= 15 is 0 Å². The standard InChI is InChI=1S/C19H23N3O4S2/c1-14-5-4-6-16(11-14)21-19(24)13-27-12-18(23)20-15-7-9-17(10-8-15)28(25,26)22(2)3/h4-11H,12-13H2,1-3H3,(H,20,23)(H,21,24). The van der Waals surface area contributed by atoms with Gasteiger partial charge >= 0.3 is 0 Å². The summed E-state index contributed by atoms with van der Waals surface area (Å²) in [6, 6.07) is 13.4. The summed E-state index contributed by atoms with van der Waals surface area (Å²) in [5, 5.41) is 5.46. The van der Waals surface area contributed by atoms with E-state index in [0.29, 0.717) is 5.69 Å². The minimum Gasteiger partial charge on any atom is -0.325 e. The van der Waals surface area contributed by atoms with E-state index in [1.807, 2.05) is 31.2 Å². The van der Waals surface area contributed by atoms with E-state index in [9.17, 15) is 18.0 Å². The number of amides is 2. The Bertz CT molecular complexity index is 942. The van der Waals surface area contributed by atoms with Gasteiger partial charge in [-0.25, -0.2) is 12.7 Å². The number of carbonyl (C=O) groups is 2. The van der Waals surface area contributed by atoms with Crippen LogP contribution in [0.15, 0.2) is 53.4 Å². The number of hydrogen-bond donors (Lipinski definition) is 2. The molecule has 150 valence electrons. The molecule has 0 bridgehead atoms. The van der Waals surface area contributed by atoms with Crippen LogP contribution in [0, 0.1) is 6.92 Å². The van der Waals surface area contributed by atoms with Crippen molar-refractivity contribution in [1.82, 2.24) is 4.31 Å². The first-order chi connectivity index (χ1) is 13.2. The summed E-state index contributed by atoms with van der Waals surface area (Å²) in [4.78, 5) is 24.1. The second kappa shape index (κ2) is 9.72. The Kier molecular flexibility index (Phi) is 7.61. The number of thioether (sulfide) groups is 1. The molecule has 0 aliphatic rings. The predicted octanol–water partition coefficient (Wildman–Crippen LogP) is 2.56. The van der Waals surface area contributed by atoms with Gasteiger partial charge in [-0.05, 0) is 48.9 Å². The Morgan fingerprint density at radius 2 is 1.50 bits per heavy atom. The van der Waals surface area contributed by atoms with Crippen LogP contribution in [0.5, 0.6) is 0 Å². The van der Waals surface area contributed by atoms with Gasteiger partial charge in [0.05, 0.1) is 16.4 Å². The molecular formula is C19H23N3O4S2. The molecule has 0 aliphatic heterocycles. The van der Waals surface area contributed by atoms with Gasteiger partial charge in [0.25, 0.3) is 0 Å². The van der Waals surface area contributed by atoms with Crippen LogP contribution in [0.4, 0.5) is 11.4 Å². The Balaban J connectivity index is 1.79. The Labute approximate surface area is 169 Å². The third-order valence-electron chi connectivity index (χ3n) is 3.68. The molecule has 28 heavy (non-hydrogen) atoms. The zero-order chi connectivity index (χ0) is 20.7. The molecule has 0 spiro atoms. The lowest BCUT2D eigenvalue weighted by molar-refractivity contribution is -0.114. The molecule has 2 aromatic carbocycles. The van der Waals surface area contributed by atoms with Crippen molar-refractivity contribution in [3.8, 4) is 0 Å². The highest BCUT2D eigenvalue weighted by Crippen LogP contribution is 2.17. The van der Waals surface area contributed by atoms with Crippen molar-refractivity contribution in [2.45, 2.75) is 11.8 Å². The number of hydrogen-bond acceptors (Lipinski definition) is 5. The zero-order valence-electron chi connectivity index (χ0n) is 15.9. The third-order valence-corrected chi connectivity index (χ3v) is 6.45. The second-order valence-corrected chi connectivity index (χ2v) is 9.41. The van der Waals surface area contributed by atoms with Gasteiger partial charge in [0.15, 0.2) is 0 Å². The van der Waals surface area contributed by atoms with Crippen molar-refractivity contribution in [3.05, 3.63) is 54.1 Å². The van der Waals surface area contributed by atoms with E-state index in [-0.39, 0.29) is 28.2 Å². The van der Waals surface area contributed by atoms with Crippen molar-refractivity contribution in [2.24, 2.45) is 0 Å². The lowest BCUT2D eigenvalue weighted by atomic mass is 10.2. The van der Waals surface area contributed by atoms with E-state index in [0.717, 1.165) is 15.6 Å². The molecule has 0 unspecified atom stereocenters. The van der Waals surface area contributed by atoms with Gasteiger partial charge in [-0.1, -0.05) is 12.1 Å². The lowest BCUT2D eigenvalue weighted by Crippen LogP contribution is -2.22. The summed E-state index contributed by atoms with van der Waals surface area (Å²) in [6.45, 7) is 1.94. The fourth-order valence-electron chi connectivity index (χ4n) is 2.27. The van der Waals surface area contributed by atoms with Crippen LogP contribution in [-0.2, 0) is 19.6 Å². The molecule has 0 radical (unpaired) electrons. The molecule has 2 N–H and O–H groups in total. The van der Waals surface area contributed by atoms with E-state index < -0.39 is 10.0 Å². The van der Waals surface area contributed by atoms with Crippen LogP contribution in [-0.4, -0.2) is 50.1 Å². The molecular weight excluding hydrogens is 398 g/mol. The van der Waals surface area contributed by atoms with Crippen molar-refractivity contribution < 1.29 is 18.0 Å². The summed E-state index contributed by atoms with van der Waals surface area (Å²) in [7, 11) is -0.591. The lowest BCUT2D eigenvalue weighted by Gasteiger charge is -2.12. The molecule has 0 aromatic heterocycles. The maximum Gasteiger partial charge on any atom is 0.242 e. The zero-order valence-corrected chi connectivity index (χ0v) is 17.6. The number of benzene rings is 2. The molecule has 2 rings (SSSR count). The van der Waals surface area contributed by atoms with Crippen LogP contribution >= 0.6 is 11.8 Å². The van der Waals surface area contributed by atoms with Gasteiger partial charge in [0.2, 0.25) is 21.8 Å². The highest BCUT2D eigenvalue weighted by atomic mass is 32.2. The minimum atomic E-state index is -3.50. The molecule has 2 aromatic rings. The van der Waals surface area contributed by atoms with E-state index in [1.165, 1.54) is 50.1 Å². The minimum absolute atomic E-state index is 0.110. The Hall–Kier alpha value is -2.36. The van der Waals surface area contributed by atoms with Gasteiger partial charge in [0, 0.05) is 25.5 Å². The number of anilines is 2. The van der Waals surface area contributed by atoms with Crippen molar-refractivity contribution in [2.75, 3.05) is 36.2 Å². The molecule has 0 saturated heterocycles. The van der Waals surface area contributed by atoms with Gasteiger partial charge in [-0.2, -0.15) is 0 Å². The summed E-state index contributed by atoms with van der Waals surface area (Å²) in [6.07, 6.45) is 0. The molecule has 0 atom stereocenters.